The molecule has 0 unspecified atom stereocenters. The Morgan fingerprint density at radius 2 is 1.79 bits per heavy atom. The molecule has 4 rings (SSSR count). The van der Waals surface area contributed by atoms with Crippen LogP contribution in [-0.2, 0) is 9.59 Å². The van der Waals surface area contributed by atoms with E-state index in [0.717, 1.165) is 24.8 Å². The summed E-state index contributed by atoms with van der Waals surface area (Å²) < 4.78 is 0. The van der Waals surface area contributed by atoms with Gasteiger partial charge in [0.25, 0.3) is 5.91 Å². The fourth-order valence-corrected chi connectivity index (χ4v) is 4.78. The first-order valence-electron chi connectivity index (χ1n) is 10.5. The first-order chi connectivity index (χ1) is 13.5. The third-order valence-electron chi connectivity index (χ3n) is 6.46. The van der Waals surface area contributed by atoms with Crippen molar-refractivity contribution < 1.29 is 14.4 Å². The summed E-state index contributed by atoms with van der Waals surface area (Å²) in [5, 5.41) is 2.95. The molecule has 6 nitrogen and oxygen atoms in total. The fourth-order valence-electron chi connectivity index (χ4n) is 4.78. The Morgan fingerprint density at radius 1 is 1.07 bits per heavy atom. The van der Waals surface area contributed by atoms with Crippen molar-refractivity contribution >= 4 is 17.7 Å². The first kappa shape index (κ1) is 19.0. The van der Waals surface area contributed by atoms with Crippen molar-refractivity contribution in [3.8, 4) is 0 Å². The number of nitrogens with zero attached hydrogens (tertiary/aromatic N) is 2. The molecule has 0 spiro atoms. The number of hydrogen-bond acceptors (Lipinski definition) is 3. The van der Waals surface area contributed by atoms with Crippen LogP contribution in [0.25, 0.3) is 0 Å². The Morgan fingerprint density at radius 3 is 2.50 bits per heavy atom. The molecule has 3 fully saturated rings. The van der Waals surface area contributed by atoms with Crippen molar-refractivity contribution in [1.29, 1.82) is 0 Å². The van der Waals surface area contributed by atoms with Crippen LogP contribution < -0.4 is 5.32 Å². The minimum Gasteiger partial charge on any atom is -0.342 e. The molecule has 2 saturated heterocycles. The standard InChI is InChI=1S/C22H29N3O3/c1-15-7-9-17(10-8-15)21(27)24-11-12-25-19(14-24)20(26)23-18(22(25)28)13-16-5-3-2-4-6-16/h7-10,16,18-19H,2-6,11-14H2,1H3,(H,23,26)/t18-,19+/m0/s1. The molecule has 0 aromatic heterocycles. The molecule has 2 atom stereocenters. The Bertz CT molecular complexity index is 755. The zero-order valence-electron chi connectivity index (χ0n) is 16.5. The van der Waals surface area contributed by atoms with E-state index in [1.807, 2.05) is 31.2 Å². The van der Waals surface area contributed by atoms with Crippen LogP contribution in [0.3, 0.4) is 0 Å². The normalized spacial score (nSPS) is 26.0. The van der Waals surface area contributed by atoms with E-state index in [0.29, 0.717) is 24.6 Å². The molecule has 0 bridgehead atoms. The minimum absolute atomic E-state index is 0.0256. The van der Waals surface area contributed by atoms with Crippen LogP contribution in [0, 0.1) is 12.8 Å². The molecule has 1 aromatic rings. The third-order valence-corrected chi connectivity index (χ3v) is 6.46. The summed E-state index contributed by atoms with van der Waals surface area (Å²) in [4.78, 5) is 41.9. The second-order valence-electron chi connectivity index (χ2n) is 8.47. The van der Waals surface area contributed by atoms with Crippen LogP contribution >= 0.6 is 0 Å². The monoisotopic (exact) mass is 383 g/mol. The Hall–Kier alpha value is -2.37. The van der Waals surface area contributed by atoms with E-state index in [1.165, 1.54) is 19.3 Å². The van der Waals surface area contributed by atoms with E-state index in [4.69, 9.17) is 0 Å². The predicted octanol–water partition coefficient (Wildman–Crippen LogP) is 2.12. The second-order valence-corrected chi connectivity index (χ2v) is 8.47. The highest BCUT2D eigenvalue weighted by Gasteiger charge is 2.44. The lowest BCUT2D eigenvalue weighted by atomic mass is 9.84. The highest BCUT2D eigenvalue weighted by atomic mass is 16.2. The number of rotatable bonds is 3. The van der Waals surface area contributed by atoms with Gasteiger partial charge in [0.2, 0.25) is 11.8 Å². The van der Waals surface area contributed by atoms with Gasteiger partial charge in [-0.3, -0.25) is 14.4 Å². The summed E-state index contributed by atoms with van der Waals surface area (Å²) in [5.41, 5.74) is 1.72. The number of carbonyl (C=O) groups is 3. The highest BCUT2D eigenvalue weighted by Crippen LogP contribution is 2.29. The lowest BCUT2D eigenvalue weighted by Gasteiger charge is -2.45. The molecule has 1 N–H and O–H groups in total. The Kier molecular flexibility index (Phi) is 5.38. The minimum atomic E-state index is -0.571. The van der Waals surface area contributed by atoms with Crippen LogP contribution in [0.1, 0.15) is 54.4 Å². The second kappa shape index (κ2) is 7.94. The molecule has 2 heterocycles. The van der Waals surface area contributed by atoms with Gasteiger partial charge in [-0.2, -0.15) is 0 Å². The average molecular weight is 383 g/mol. The molecule has 6 heteroatoms. The highest BCUT2D eigenvalue weighted by molar-refractivity contribution is 5.99. The van der Waals surface area contributed by atoms with Crippen molar-refractivity contribution in [2.24, 2.45) is 5.92 Å². The molecule has 1 aromatic carbocycles. The SMILES string of the molecule is Cc1ccc(C(=O)N2CCN3C(=O)[C@H](CC4CCCCC4)NC(=O)[C@H]3C2)cc1. The molecular formula is C22H29N3O3. The lowest BCUT2D eigenvalue weighted by molar-refractivity contribution is -0.152. The van der Waals surface area contributed by atoms with Crippen LogP contribution in [0.2, 0.25) is 0 Å². The van der Waals surface area contributed by atoms with E-state index in [-0.39, 0.29) is 24.3 Å². The van der Waals surface area contributed by atoms with Crippen molar-refractivity contribution in [2.45, 2.75) is 57.5 Å². The number of carbonyl (C=O) groups excluding carboxylic acids is 3. The van der Waals surface area contributed by atoms with Gasteiger partial charge in [-0.05, 0) is 31.4 Å². The van der Waals surface area contributed by atoms with Crippen molar-refractivity contribution in [1.82, 2.24) is 15.1 Å². The van der Waals surface area contributed by atoms with Gasteiger partial charge in [0, 0.05) is 18.7 Å². The topological polar surface area (TPSA) is 69.7 Å². The van der Waals surface area contributed by atoms with E-state index >= 15 is 0 Å². The maximum Gasteiger partial charge on any atom is 0.253 e. The van der Waals surface area contributed by atoms with Crippen LogP contribution in [-0.4, -0.2) is 59.2 Å². The average Bonchev–Trinajstić information content (AvgIpc) is 2.72. The summed E-state index contributed by atoms with van der Waals surface area (Å²) in [7, 11) is 0. The summed E-state index contributed by atoms with van der Waals surface area (Å²) in [6, 6.07) is 6.49. The van der Waals surface area contributed by atoms with Gasteiger partial charge in [0.1, 0.15) is 12.1 Å². The van der Waals surface area contributed by atoms with Gasteiger partial charge in [0.15, 0.2) is 0 Å². The number of nitrogens with one attached hydrogen (secondary N) is 1. The summed E-state index contributed by atoms with van der Waals surface area (Å²) >= 11 is 0. The van der Waals surface area contributed by atoms with Crippen molar-refractivity contribution in [3.63, 3.8) is 0 Å². The smallest absolute Gasteiger partial charge is 0.253 e. The molecule has 0 radical (unpaired) electrons. The molecule has 28 heavy (non-hydrogen) atoms. The quantitative estimate of drug-likeness (QED) is 0.869. The van der Waals surface area contributed by atoms with Gasteiger partial charge in [-0.25, -0.2) is 0 Å². The summed E-state index contributed by atoms with van der Waals surface area (Å²) in [6.45, 7) is 3.14. The van der Waals surface area contributed by atoms with E-state index in [2.05, 4.69) is 5.32 Å². The van der Waals surface area contributed by atoms with Gasteiger partial charge in [-0.1, -0.05) is 49.8 Å². The van der Waals surface area contributed by atoms with Crippen LogP contribution in [0.4, 0.5) is 0 Å². The lowest BCUT2D eigenvalue weighted by Crippen LogP contribution is -2.69. The molecular weight excluding hydrogens is 354 g/mol. The van der Waals surface area contributed by atoms with Gasteiger partial charge >= 0.3 is 0 Å². The zero-order chi connectivity index (χ0) is 19.7. The van der Waals surface area contributed by atoms with Crippen molar-refractivity contribution in [2.75, 3.05) is 19.6 Å². The molecule has 1 aliphatic carbocycles. The first-order valence-corrected chi connectivity index (χ1v) is 10.5. The maximum atomic E-state index is 13.0. The number of hydrogen-bond donors (Lipinski definition) is 1. The summed E-state index contributed by atoms with van der Waals surface area (Å²) in [5.74, 6) is 0.354. The Balaban J connectivity index is 1.41. The number of amides is 3. The molecule has 150 valence electrons. The fraction of sp³-hybridized carbons (Fsp3) is 0.591. The molecule has 3 amide bonds. The molecule has 3 aliphatic rings. The number of piperazine rings is 2. The van der Waals surface area contributed by atoms with Gasteiger partial charge in [-0.15, -0.1) is 0 Å². The van der Waals surface area contributed by atoms with Gasteiger partial charge in [0.05, 0.1) is 6.54 Å². The van der Waals surface area contributed by atoms with Crippen molar-refractivity contribution in [3.05, 3.63) is 35.4 Å². The van der Waals surface area contributed by atoms with Gasteiger partial charge < -0.3 is 15.1 Å². The largest absolute Gasteiger partial charge is 0.342 e. The Labute approximate surface area is 166 Å². The van der Waals surface area contributed by atoms with E-state index < -0.39 is 12.1 Å². The number of aryl methyl sites for hydroxylation is 1. The van der Waals surface area contributed by atoms with Crippen LogP contribution in [0.5, 0.6) is 0 Å². The number of benzene rings is 1. The number of fused-ring (bicyclic) bond motifs is 1. The maximum absolute atomic E-state index is 13.0. The molecule has 2 aliphatic heterocycles. The zero-order valence-corrected chi connectivity index (χ0v) is 16.5. The van der Waals surface area contributed by atoms with E-state index in [9.17, 15) is 14.4 Å². The predicted molar refractivity (Wildman–Crippen MR) is 106 cm³/mol. The molecule has 1 saturated carbocycles. The third kappa shape index (κ3) is 3.77. The van der Waals surface area contributed by atoms with E-state index in [1.54, 1.807) is 9.80 Å². The van der Waals surface area contributed by atoms with Crippen LogP contribution in [0.15, 0.2) is 24.3 Å². The summed E-state index contributed by atoms with van der Waals surface area (Å²) in [6.07, 6.45) is 6.79.